The number of nitrogens with zero attached hydrogens (tertiary/aromatic N) is 2. The van der Waals surface area contributed by atoms with Gasteiger partial charge in [-0.2, -0.15) is 0 Å². The smallest absolute Gasteiger partial charge is 0.320 e. The summed E-state index contributed by atoms with van der Waals surface area (Å²) in [6.07, 6.45) is 3.48. The van der Waals surface area contributed by atoms with Crippen LogP contribution < -0.4 is 10.6 Å². The lowest BCUT2D eigenvalue weighted by atomic mass is 10.1. The fourth-order valence-corrected chi connectivity index (χ4v) is 2.45. The van der Waals surface area contributed by atoms with E-state index in [0.717, 1.165) is 5.56 Å². The highest BCUT2D eigenvalue weighted by molar-refractivity contribution is 5.89. The number of hydrogen-bond donors (Lipinski definition) is 2. The Morgan fingerprint density at radius 2 is 1.83 bits per heavy atom. The Morgan fingerprint density at radius 1 is 1.12 bits per heavy atom. The molecule has 1 aromatic heterocycles. The van der Waals surface area contributed by atoms with Crippen LogP contribution in [-0.4, -0.2) is 15.6 Å². The Morgan fingerprint density at radius 3 is 2.50 bits per heavy atom. The number of carbonyl (C=O) groups excluding carboxylic acids is 1. The van der Waals surface area contributed by atoms with E-state index in [-0.39, 0.29) is 5.69 Å². The highest BCUT2D eigenvalue weighted by Gasteiger charge is 2.20. The van der Waals surface area contributed by atoms with Crippen molar-refractivity contribution in [3.8, 4) is 0 Å². The fraction of sp³-hybridized carbons (Fsp3) is 0.111. The number of halogens is 1. The molecular weight excluding hydrogens is 307 g/mol. The van der Waals surface area contributed by atoms with Gasteiger partial charge in [0.2, 0.25) is 0 Å². The van der Waals surface area contributed by atoms with Crippen LogP contribution in [0.5, 0.6) is 0 Å². The molecule has 0 fully saturated rings. The summed E-state index contributed by atoms with van der Waals surface area (Å²) in [6.45, 7) is 0. The Labute approximate surface area is 139 Å². The minimum atomic E-state index is -0.503. The largest absolute Gasteiger partial charge is 0.336 e. The van der Waals surface area contributed by atoms with Gasteiger partial charge in [-0.1, -0.05) is 42.5 Å². The minimum Gasteiger partial charge on any atom is -0.336 e. The molecule has 5 nitrogen and oxygen atoms in total. The third-order valence-corrected chi connectivity index (χ3v) is 3.65. The van der Waals surface area contributed by atoms with Crippen LogP contribution >= 0.6 is 0 Å². The number of imidazole rings is 1. The molecule has 0 aliphatic heterocycles. The van der Waals surface area contributed by atoms with Crippen LogP contribution in [-0.2, 0) is 7.05 Å². The molecule has 2 aromatic carbocycles. The van der Waals surface area contributed by atoms with E-state index in [4.69, 9.17) is 0 Å². The van der Waals surface area contributed by atoms with Gasteiger partial charge in [-0.15, -0.1) is 0 Å². The van der Waals surface area contributed by atoms with Gasteiger partial charge in [0.1, 0.15) is 17.7 Å². The molecule has 122 valence electrons. The highest BCUT2D eigenvalue weighted by atomic mass is 19.1. The van der Waals surface area contributed by atoms with Gasteiger partial charge < -0.3 is 15.2 Å². The summed E-state index contributed by atoms with van der Waals surface area (Å²) in [7, 11) is 1.86. The second-order valence-electron chi connectivity index (χ2n) is 5.32. The quantitative estimate of drug-likeness (QED) is 0.772. The zero-order chi connectivity index (χ0) is 16.9. The maximum Gasteiger partial charge on any atom is 0.320 e. The molecule has 0 saturated carbocycles. The SMILES string of the molecule is Cn1ccnc1[C@@H](NC(=O)Nc1ccccc1F)c1ccccc1. The molecule has 2 amide bonds. The lowest BCUT2D eigenvalue weighted by Crippen LogP contribution is -2.34. The first-order valence-corrected chi connectivity index (χ1v) is 7.49. The van der Waals surface area contributed by atoms with Gasteiger partial charge >= 0.3 is 6.03 Å². The van der Waals surface area contributed by atoms with E-state index in [1.165, 1.54) is 12.1 Å². The molecule has 6 heteroatoms. The number of amides is 2. The molecule has 0 saturated heterocycles. The van der Waals surface area contributed by atoms with Crippen molar-refractivity contribution in [1.82, 2.24) is 14.9 Å². The molecule has 0 bridgehead atoms. The van der Waals surface area contributed by atoms with Gasteiger partial charge in [-0.25, -0.2) is 14.2 Å². The first kappa shape index (κ1) is 15.7. The topological polar surface area (TPSA) is 59.0 Å². The molecule has 0 aliphatic carbocycles. The van der Waals surface area contributed by atoms with Crippen LogP contribution in [0.1, 0.15) is 17.4 Å². The van der Waals surface area contributed by atoms with E-state index >= 15 is 0 Å². The van der Waals surface area contributed by atoms with Gasteiger partial charge in [-0.3, -0.25) is 0 Å². The molecule has 3 aromatic rings. The van der Waals surface area contributed by atoms with E-state index in [2.05, 4.69) is 15.6 Å². The zero-order valence-corrected chi connectivity index (χ0v) is 13.1. The molecule has 0 radical (unpaired) electrons. The Balaban J connectivity index is 1.84. The van der Waals surface area contributed by atoms with Crippen LogP contribution in [0.15, 0.2) is 67.0 Å². The zero-order valence-electron chi connectivity index (χ0n) is 13.1. The third-order valence-electron chi connectivity index (χ3n) is 3.65. The number of para-hydroxylation sites is 1. The second kappa shape index (κ2) is 6.95. The van der Waals surface area contributed by atoms with Crippen LogP contribution in [0.4, 0.5) is 14.9 Å². The molecule has 0 aliphatic rings. The summed E-state index contributed by atoms with van der Waals surface area (Å²) >= 11 is 0. The van der Waals surface area contributed by atoms with E-state index < -0.39 is 17.9 Å². The van der Waals surface area contributed by atoms with Crippen molar-refractivity contribution in [2.75, 3.05) is 5.32 Å². The average Bonchev–Trinajstić information content (AvgIpc) is 3.01. The first-order chi connectivity index (χ1) is 11.6. The Bertz CT molecular complexity index is 832. The molecule has 0 unspecified atom stereocenters. The predicted octanol–water partition coefficient (Wildman–Crippen LogP) is 3.47. The van der Waals surface area contributed by atoms with Gasteiger partial charge in [0, 0.05) is 19.4 Å². The maximum atomic E-state index is 13.7. The van der Waals surface area contributed by atoms with Crippen molar-refractivity contribution >= 4 is 11.7 Å². The average molecular weight is 324 g/mol. The molecule has 3 rings (SSSR count). The van der Waals surface area contributed by atoms with Crippen LogP contribution in [0.2, 0.25) is 0 Å². The number of urea groups is 1. The number of hydrogen-bond acceptors (Lipinski definition) is 2. The lowest BCUT2D eigenvalue weighted by Gasteiger charge is -2.19. The second-order valence-corrected chi connectivity index (χ2v) is 5.32. The van der Waals surface area contributed by atoms with Crippen molar-refractivity contribution in [2.45, 2.75) is 6.04 Å². The van der Waals surface area contributed by atoms with Crippen molar-refractivity contribution < 1.29 is 9.18 Å². The Kier molecular flexibility index (Phi) is 4.56. The maximum absolute atomic E-state index is 13.7. The molecular formula is C18H17FN4O. The summed E-state index contributed by atoms with van der Waals surface area (Å²) in [5.74, 6) is 0.200. The number of anilines is 1. The number of benzene rings is 2. The summed E-state index contributed by atoms with van der Waals surface area (Å²) in [6, 6.07) is 14.6. The number of aromatic nitrogens is 2. The molecule has 1 heterocycles. The number of rotatable bonds is 4. The van der Waals surface area contributed by atoms with Crippen LogP contribution in [0.3, 0.4) is 0 Å². The predicted molar refractivity (Wildman–Crippen MR) is 90.0 cm³/mol. The van der Waals surface area contributed by atoms with Gasteiger partial charge in [0.05, 0.1) is 5.69 Å². The number of aryl methyl sites for hydroxylation is 1. The molecule has 2 N–H and O–H groups in total. The minimum absolute atomic E-state index is 0.127. The van der Waals surface area contributed by atoms with Gasteiger partial charge in [0.25, 0.3) is 0 Å². The monoisotopic (exact) mass is 324 g/mol. The van der Waals surface area contributed by atoms with Crippen LogP contribution in [0.25, 0.3) is 0 Å². The normalized spacial score (nSPS) is 11.8. The lowest BCUT2D eigenvalue weighted by molar-refractivity contribution is 0.249. The van der Waals surface area contributed by atoms with E-state index in [9.17, 15) is 9.18 Å². The van der Waals surface area contributed by atoms with E-state index in [1.54, 1.807) is 18.3 Å². The van der Waals surface area contributed by atoms with Gasteiger partial charge in [0.15, 0.2) is 0 Å². The number of carbonyl (C=O) groups is 1. The summed E-state index contributed by atoms with van der Waals surface area (Å²) in [5, 5.41) is 5.38. The van der Waals surface area contributed by atoms with Crippen molar-refractivity contribution in [2.24, 2.45) is 7.05 Å². The van der Waals surface area contributed by atoms with Crippen molar-refractivity contribution in [3.05, 3.63) is 84.2 Å². The molecule has 1 atom stereocenters. The summed E-state index contributed by atoms with van der Waals surface area (Å²) in [4.78, 5) is 16.6. The summed E-state index contributed by atoms with van der Waals surface area (Å²) < 4.78 is 15.5. The third kappa shape index (κ3) is 3.43. The number of nitrogens with one attached hydrogen (secondary N) is 2. The van der Waals surface area contributed by atoms with Gasteiger partial charge in [-0.05, 0) is 17.7 Å². The standard InChI is InChI=1S/C18H17FN4O/c1-23-12-11-20-17(23)16(13-7-3-2-4-8-13)22-18(24)21-15-10-6-5-9-14(15)19/h2-12,16H,1H3,(H2,21,22,24)/t16-/m0/s1. The molecule has 0 spiro atoms. The molecule has 24 heavy (non-hydrogen) atoms. The van der Waals surface area contributed by atoms with Crippen molar-refractivity contribution in [1.29, 1.82) is 0 Å². The van der Waals surface area contributed by atoms with E-state index in [0.29, 0.717) is 5.82 Å². The van der Waals surface area contributed by atoms with Crippen molar-refractivity contribution in [3.63, 3.8) is 0 Å². The fourth-order valence-electron chi connectivity index (χ4n) is 2.45. The summed E-state index contributed by atoms with van der Waals surface area (Å²) in [5.41, 5.74) is 1.01. The Hall–Kier alpha value is -3.15. The highest BCUT2D eigenvalue weighted by Crippen LogP contribution is 2.20. The van der Waals surface area contributed by atoms with E-state index in [1.807, 2.05) is 48.1 Å². The first-order valence-electron chi connectivity index (χ1n) is 7.49. The van der Waals surface area contributed by atoms with Crippen LogP contribution in [0, 0.1) is 5.82 Å².